The number of aromatic nitrogens is 5. The minimum Gasteiger partial charge on any atom is -0.497 e. The van der Waals surface area contributed by atoms with Crippen molar-refractivity contribution in [2.24, 2.45) is 0 Å². The fourth-order valence-electron chi connectivity index (χ4n) is 4.00. The van der Waals surface area contributed by atoms with Crippen LogP contribution in [0.4, 0.5) is 11.5 Å². The minimum atomic E-state index is -0.455. The maximum Gasteiger partial charge on any atom is 0.269 e. The molecule has 0 bridgehead atoms. The average molecular weight is 486 g/mol. The number of non-ortho nitro benzene ring substituents is 1. The van der Waals surface area contributed by atoms with Crippen molar-refractivity contribution in [2.45, 2.75) is 0 Å². The first kappa shape index (κ1) is 22.9. The molecule has 12 nitrogen and oxygen atoms in total. The number of piperazine rings is 1. The first-order valence-corrected chi connectivity index (χ1v) is 11.2. The van der Waals surface area contributed by atoms with Gasteiger partial charge in [0.15, 0.2) is 17.0 Å². The molecule has 0 unspecified atom stereocenters. The van der Waals surface area contributed by atoms with Crippen molar-refractivity contribution in [3.63, 3.8) is 0 Å². The van der Waals surface area contributed by atoms with Crippen LogP contribution in [-0.4, -0.2) is 74.0 Å². The van der Waals surface area contributed by atoms with E-state index in [9.17, 15) is 14.9 Å². The summed E-state index contributed by atoms with van der Waals surface area (Å²) in [7, 11) is 1.61. The number of nitro benzene ring substituents is 1. The van der Waals surface area contributed by atoms with Crippen LogP contribution in [0.2, 0.25) is 0 Å². The third-order valence-corrected chi connectivity index (χ3v) is 5.93. The molecule has 5 rings (SSSR count). The molecule has 0 spiro atoms. The number of carbonyl (C=O) groups is 1. The standard InChI is InChI=1S/C24H22N8O4/c1-36-20-4-2-3-19(15-20)31-24-22(27-28-31)23(25-16-26-24)30-13-11-29(12-14-30)21(33)10-7-17-5-8-18(9-6-17)32(34)35/h2-10,15-16H,11-14H2,1H3. The van der Waals surface area contributed by atoms with Crippen molar-refractivity contribution in [3.8, 4) is 11.4 Å². The third kappa shape index (κ3) is 4.56. The Kier molecular flexibility index (Phi) is 6.22. The van der Waals surface area contributed by atoms with Gasteiger partial charge in [-0.1, -0.05) is 11.3 Å². The van der Waals surface area contributed by atoms with E-state index >= 15 is 0 Å². The Morgan fingerprint density at radius 1 is 1.08 bits per heavy atom. The van der Waals surface area contributed by atoms with Gasteiger partial charge in [-0.25, -0.2) is 9.97 Å². The van der Waals surface area contributed by atoms with Gasteiger partial charge < -0.3 is 14.5 Å². The molecule has 0 saturated carbocycles. The lowest BCUT2D eigenvalue weighted by atomic mass is 10.2. The molecule has 3 heterocycles. The number of benzene rings is 2. The first-order chi connectivity index (χ1) is 17.5. The van der Waals surface area contributed by atoms with Crippen LogP contribution in [0, 0.1) is 10.1 Å². The summed E-state index contributed by atoms with van der Waals surface area (Å²) in [6.07, 6.45) is 4.63. The van der Waals surface area contributed by atoms with E-state index in [-0.39, 0.29) is 11.6 Å². The molecule has 1 saturated heterocycles. The van der Waals surface area contributed by atoms with Gasteiger partial charge in [-0.15, -0.1) is 5.10 Å². The summed E-state index contributed by atoms with van der Waals surface area (Å²) in [4.78, 5) is 35.6. The Labute approximate surface area is 205 Å². The second kappa shape index (κ2) is 9.78. The number of hydrogen-bond donors (Lipinski definition) is 0. The third-order valence-electron chi connectivity index (χ3n) is 5.93. The Balaban J connectivity index is 1.27. The summed E-state index contributed by atoms with van der Waals surface area (Å²) in [6, 6.07) is 13.5. The number of methoxy groups -OCH3 is 1. The normalized spacial score (nSPS) is 13.9. The van der Waals surface area contributed by atoms with Crippen molar-refractivity contribution >= 4 is 34.7 Å². The largest absolute Gasteiger partial charge is 0.497 e. The van der Waals surface area contributed by atoms with Gasteiger partial charge in [0.1, 0.15) is 12.1 Å². The Hall–Kier alpha value is -4.87. The molecule has 2 aromatic heterocycles. The summed E-state index contributed by atoms with van der Waals surface area (Å²) in [5, 5.41) is 19.4. The molecule has 0 atom stereocenters. The highest BCUT2D eigenvalue weighted by Gasteiger charge is 2.24. The number of nitro groups is 1. The number of amides is 1. The maximum atomic E-state index is 12.7. The van der Waals surface area contributed by atoms with Crippen LogP contribution in [0.5, 0.6) is 5.75 Å². The number of rotatable bonds is 6. The summed E-state index contributed by atoms with van der Waals surface area (Å²) in [5.74, 6) is 1.25. The van der Waals surface area contributed by atoms with E-state index in [1.54, 1.807) is 34.9 Å². The van der Waals surface area contributed by atoms with Crippen molar-refractivity contribution in [1.82, 2.24) is 29.9 Å². The number of anilines is 1. The molecule has 182 valence electrons. The van der Waals surface area contributed by atoms with Crippen LogP contribution in [0.25, 0.3) is 22.9 Å². The van der Waals surface area contributed by atoms with Gasteiger partial charge >= 0.3 is 0 Å². The highest BCUT2D eigenvalue weighted by molar-refractivity contribution is 5.92. The van der Waals surface area contributed by atoms with Gasteiger partial charge in [-0.3, -0.25) is 14.9 Å². The number of hydrogen-bond acceptors (Lipinski definition) is 9. The average Bonchev–Trinajstić information content (AvgIpc) is 3.36. The highest BCUT2D eigenvalue weighted by Crippen LogP contribution is 2.25. The molecule has 4 aromatic rings. The maximum absolute atomic E-state index is 12.7. The second-order valence-corrected chi connectivity index (χ2v) is 8.07. The topological polar surface area (TPSA) is 132 Å². The monoisotopic (exact) mass is 486 g/mol. The molecule has 0 aliphatic carbocycles. The van der Waals surface area contributed by atoms with Crippen molar-refractivity contribution < 1.29 is 14.5 Å². The first-order valence-electron chi connectivity index (χ1n) is 11.2. The zero-order chi connectivity index (χ0) is 25.1. The fourth-order valence-corrected chi connectivity index (χ4v) is 4.00. The van der Waals surface area contributed by atoms with Crippen LogP contribution in [-0.2, 0) is 4.79 Å². The molecular formula is C24H22N8O4. The van der Waals surface area contributed by atoms with Crippen LogP contribution in [0.15, 0.2) is 60.9 Å². The highest BCUT2D eigenvalue weighted by atomic mass is 16.6. The number of nitrogens with zero attached hydrogens (tertiary/aromatic N) is 8. The number of carbonyl (C=O) groups excluding carboxylic acids is 1. The number of fused-ring (bicyclic) bond motifs is 1. The van der Waals surface area contributed by atoms with Gasteiger partial charge in [0.2, 0.25) is 5.91 Å². The summed E-state index contributed by atoms with van der Waals surface area (Å²) >= 11 is 0. The Morgan fingerprint density at radius 3 is 2.58 bits per heavy atom. The lowest BCUT2D eigenvalue weighted by Gasteiger charge is -2.34. The van der Waals surface area contributed by atoms with E-state index in [0.29, 0.717) is 48.9 Å². The van der Waals surface area contributed by atoms with E-state index in [4.69, 9.17) is 4.74 Å². The lowest BCUT2D eigenvalue weighted by molar-refractivity contribution is -0.384. The Bertz CT molecular complexity index is 1440. The van der Waals surface area contributed by atoms with E-state index in [2.05, 4.69) is 25.2 Å². The van der Waals surface area contributed by atoms with Crippen molar-refractivity contribution in [3.05, 3.63) is 76.6 Å². The van der Waals surface area contributed by atoms with Crippen molar-refractivity contribution in [2.75, 3.05) is 38.2 Å². The molecule has 2 aromatic carbocycles. The van der Waals surface area contributed by atoms with Crippen molar-refractivity contribution in [1.29, 1.82) is 0 Å². The van der Waals surface area contributed by atoms with Gasteiger partial charge in [0.05, 0.1) is 17.7 Å². The smallest absolute Gasteiger partial charge is 0.269 e. The van der Waals surface area contributed by atoms with Crippen LogP contribution in [0.3, 0.4) is 0 Å². The predicted octanol–water partition coefficient (Wildman–Crippen LogP) is 2.49. The fraction of sp³-hybridized carbons (Fsp3) is 0.208. The SMILES string of the molecule is COc1cccc(-n2nnc3c(N4CCN(C(=O)C=Cc5ccc([N+](=O)[O-])cc5)CC4)ncnc32)c1. The van der Waals surface area contributed by atoms with Gasteiger partial charge in [0, 0.05) is 50.5 Å². The van der Waals surface area contributed by atoms with E-state index in [0.717, 1.165) is 11.3 Å². The molecule has 36 heavy (non-hydrogen) atoms. The molecule has 1 aliphatic heterocycles. The summed E-state index contributed by atoms with van der Waals surface area (Å²) in [5.41, 5.74) is 2.67. The zero-order valence-electron chi connectivity index (χ0n) is 19.4. The molecule has 1 amide bonds. The molecule has 0 N–H and O–H groups in total. The van der Waals surface area contributed by atoms with E-state index in [1.807, 2.05) is 24.3 Å². The predicted molar refractivity (Wildman–Crippen MR) is 132 cm³/mol. The van der Waals surface area contributed by atoms with Crippen LogP contribution < -0.4 is 9.64 Å². The van der Waals surface area contributed by atoms with E-state index < -0.39 is 4.92 Å². The van der Waals surface area contributed by atoms with Gasteiger partial charge in [0.25, 0.3) is 5.69 Å². The molecule has 0 radical (unpaired) electrons. The molecular weight excluding hydrogens is 464 g/mol. The minimum absolute atomic E-state index is 0.0111. The van der Waals surface area contributed by atoms with Gasteiger partial charge in [-0.05, 0) is 35.9 Å². The van der Waals surface area contributed by atoms with Gasteiger partial charge in [-0.2, -0.15) is 4.68 Å². The summed E-state index contributed by atoms with van der Waals surface area (Å²) in [6.45, 7) is 2.18. The molecule has 1 aliphatic rings. The lowest BCUT2D eigenvalue weighted by Crippen LogP contribution is -2.48. The quantitative estimate of drug-likeness (QED) is 0.229. The van der Waals surface area contributed by atoms with E-state index in [1.165, 1.54) is 24.5 Å². The molecule has 12 heteroatoms. The zero-order valence-corrected chi connectivity index (χ0v) is 19.4. The number of ether oxygens (including phenoxy) is 1. The molecule has 1 fully saturated rings. The second-order valence-electron chi connectivity index (χ2n) is 8.07. The van der Waals surface area contributed by atoms with Crippen LogP contribution in [0.1, 0.15) is 5.56 Å². The van der Waals surface area contributed by atoms with Crippen LogP contribution >= 0.6 is 0 Å². The summed E-state index contributed by atoms with van der Waals surface area (Å²) < 4.78 is 6.95. The Morgan fingerprint density at radius 2 is 1.86 bits per heavy atom.